The van der Waals surface area contributed by atoms with Crippen molar-refractivity contribution < 1.29 is 14.1 Å². The minimum absolute atomic E-state index is 0.0303. The van der Waals surface area contributed by atoms with E-state index in [2.05, 4.69) is 10.1 Å². The molecular formula is C16H19N3O3. The Morgan fingerprint density at radius 1 is 1.36 bits per heavy atom. The van der Waals surface area contributed by atoms with Crippen LogP contribution in [0.5, 0.6) is 5.75 Å². The van der Waals surface area contributed by atoms with Gasteiger partial charge in [0, 0.05) is 19.0 Å². The molecule has 6 heteroatoms. The number of carbonyl (C=O) groups is 1. The van der Waals surface area contributed by atoms with E-state index in [9.17, 15) is 4.79 Å². The van der Waals surface area contributed by atoms with E-state index in [-0.39, 0.29) is 17.7 Å². The SMILES string of the molecule is COc1ccccc1C(=O)N1CC(c2nc(C(C)C)no2)C1. The van der Waals surface area contributed by atoms with Gasteiger partial charge in [0.15, 0.2) is 5.82 Å². The summed E-state index contributed by atoms with van der Waals surface area (Å²) < 4.78 is 10.5. The molecule has 3 rings (SSSR count). The molecule has 116 valence electrons. The summed E-state index contributed by atoms with van der Waals surface area (Å²) in [6.07, 6.45) is 0. The largest absolute Gasteiger partial charge is 0.496 e. The first-order valence-corrected chi connectivity index (χ1v) is 7.36. The van der Waals surface area contributed by atoms with Crippen LogP contribution in [0.4, 0.5) is 0 Å². The fraction of sp³-hybridized carbons (Fsp3) is 0.438. The number of para-hydroxylation sites is 1. The number of rotatable bonds is 4. The number of carbonyl (C=O) groups excluding carboxylic acids is 1. The second kappa shape index (κ2) is 5.79. The minimum Gasteiger partial charge on any atom is -0.496 e. The van der Waals surface area contributed by atoms with Crippen molar-refractivity contribution >= 4 is 5.91 Å². The highest BCUT2D eigenvalue weighted by atomic mass is 16.5. The van der Waals surface area contributed by atoms with Gasteiger partial charge in [-0.05, 0) is 12.1 Å². The van der Waals surface area contributed by atoms with Crippen molar-refractivity contribution in [3.63, 3.8) is 0 Å². The molecule has 6 nitrogen and oxygen atoms in total. The van der Waals surface area contributed by atoms with Crippen LogP contribution in [0.15, 0.2) is 28.8 Å². The maximum absolute atomic E-state index is 12.5. The van der Waals surface area contributed by atoms with E-state index in [1.54, 1.807) is 24.1 Å². The van der Waals surface area contributed by atoms with Crippen LogP contribution in [0.25, 0.3) is 0 Å². The van der Waals surface area contributed by atoms with Crippen molar-refractivity contribution in [1.82, 2.24) is 15.0 Å². The zero-order valence-corrected chi connectivity index (χ0v) is 12.9. The summed E-state index contributed by atoms with van der Waals surface area (Å²) in [5.74, 6) is 2.26. The van der Waals surface area contributed by atoms with Gasteiger partial charge in [0.1, 0.15) is 5.75 Å². The highest BCUT2D eigenvalue weighted by Crippen LogP contribution is 2.30. The lowest BCUT2D eigenvalue weighted by atomic mass is 9.98. The molecule has 0 bridgehead atoms. The third-order valence-electron chi connectivity index (χ3n) is 3.83. The number of likely N-dealkylation sites (tertiary alicyclic amines) is 1. The van der Waals surface area contributed by atoms with Gasteiger partial charge >= 0.3 is 0 Å². The number of hydrogen-bond acceptors (Lipinski definition) is 5. The molecule has 1 amide bonds. The molecule has 1 aromatic carbocycles. The Hall–Kier alpha value is -2.37. The van der Waals surface area contributed by atoms with Gasteiger partial charge in [-0.1, -0.05) is 31.1 Å². The van der Waals surface area contributed by atoms with Crippen LogP contribution in [0.1, 0.15) is 47.8 Å². The van der Waals surface area contributed by atoms with Crippen molar-refractivity contribution in [2.24, 2.45) is 0 Å². The van der Waals surface area contributed by atoms with Crippen LogP contribution in [-0.4, -0.2) is 41.1 Å². The lowest BCUT2D eigenvalue weighted by molar-refractivity contribution is 0.0566. The fourth-order valence-electron chi connectivity index (χ4n) is 2.44. The van der Waals surface area contributed by atoms with Gasteiger partial charge in [-0.3, -0.25) is 4.79 Å². The van der Waals surface area contributed by atoms with Crippen LogP contribution >= 0.6 is 0 Å². The average Bonchev–Trinajstić information content (AvgIpc) is 2.95. The Morgan fingerprint density at radius 2 is 2.09 bits per heavy atom. The first-order valence-electron chi connectivity index (χ1n) is 7.36. The summed E-state index contributed by atoms with van der Waals surface area (Å²) in [5.41, 5.74) is 0.580. The average molecular weight is 301 g/mol. The monoisotopic (exact) mass is 301 g/mol. The molecule has 0 atom stereocenters. The predicted molar refractivity (Wildman–Crippen MR) is 80.0 cm³/mol. The lowest BCUT2D eigenvalue weighted by Gasteiger charge is -2.37. The van der Waals surface area contributed by atoms with E-state index in [0.717, 1.165) is 0 Å². The van der Waals surface area contributed by atoms with Gasteiger partial charge in [0.25, 0.3) is 5.91 Å². The molecule has 0 spiro atoms. The Balaban J connectivity index is 1.66. The van der Waals surface area contributed by atoms with Gasteiger partial charge in [0.2, 0.25) is 5.89 Å². The Labute approximate surface area is 129 Å². The summed E-state index contributed by atoms with van der Waals surface area (Å²) in [4.78, 5) is 18.6. The number of nitrogens with zero attached hydrogens (tertiary/aromatic N) is 3. The van der Waals surface area contributed by atoms with Crippen LogP contribution in [-0.2, 0) is 0 Å². The van der Waals surface area contributed by atoms with Gasteiger partial charge in [-0.2, -0.15) is 4.98 Å². The molecule has 0 aliphatic carbocycles. The summed E-state index contributed by atoms with van der Waals surface area (Å²) >= 11 is 0. The lowest BCUT2D eigenvalue weighted by Crippen LogP contribution is -2.48. The first-order chi connectivity index (χ1) is 10.6. The fourth-order valence-corrected chi connectivity index (χ4v) is 2.44. The zero-order chi connectivity index (χ0) is 15.7. The summed E-state index contributed by atoms with van der Waals surface area (Å²) in [7, 11) is 1.57. The molecule has 1 aromatic heterocycles. The molecule has 1 aliphatic heterocycles. The predicted octanol–water partition coefficient (Wildman–Crippen LogP) is 2.44. The molecule has 0 radical (unpaired) electrons. The van der Waals surface area contributed by atoms with Crippen LogP contribution in [0.3, 0.4) is 0 Å². The number of aromatic nitrogens is 2. The molecular weight excluding hydrogens is 282 g/mol. The molecule has 0 N–H and O–H groups in total. The summed E-state index contributed by atoms with van der Waals surface area (Å²) in [6, 6.07) is 7.25. The molecule has 2 heterocycles. The second-order valence-corrected chi connectivity index (χ2v) is 5.75. The molecule has 2 aromatic rings. The Bertz CT molecular complexity index is 675. The highest BCUT2D eigenvalue weighted by Gasteiger charge is 2.36. The van der Waals surface area contributed by atoms with E-state index in [4.69, 9.17) is 9.26 Å². The van der Waals surface area contributed by atoms with Crippen molar-refractivity contribution in [2.75, 3.05) is 20.2 Å². The van der Waals surface area contributed by atoms with Crippen molar-refractivity contribution in [3.8, 4) is 5.75 Å². The number of methoxy groups -OCH3 is 1. The maximum Gasteiger partial charge on any atom is 0.257 e. The summed E-state index contributed by atoms with van der Waals surface area (Å²) in [5, 5.41) is 3.96. The van der Waals surface area contributed by atoms with Crippen molar-refractivity contribution in [2.45, 2.75) is 25.7 Å². The molecule has 0 unspecified atom stereocenters. The van der Waals surface area contributed by atoms with E-state index in [1.807, 2.05) is 26.0 Å². The smallest absolute Gasteiger partial charge is 0.257 e. The third kappa shape index (κ3) is 2.56. The number of ether oxygens (including phenoxy) is 1. The molecule has 1 aliphatic rings. The van der Waals surface area contributed by atoms with E-state index in [1.165, 1.54) is 0 Å². The maximum atomic E-state index is 12.5. The molecule has 22 heavy (non-hydrogen) atoms. The quantitative estimate of drug-likeness (QED) is 0.867. The molecule has 1 fully saturated rings. The van der Waals surface area contributed by atoms with E-state index >= 15 is 0 Å². The summed E-state index contributed by atoms with van der Waals surface area (Å²) in [6.45, 7) is 5.23. The number of amides is 1. The van der Waals surface area contributed by atoms with Crippen molar-refractivity contribution in [3.05, 3.63) is 41.5 Å². The number of benzene rings is 1. The van der Waals surface area contributed by atoms with Gasteiger partial charge in [0.05, 0.1) is 18.6 Å². The first kappa shape index (κ1) is 14.6. The van der Waals surface area contributed by atoms with E-state index in [0.29, 0.717) is 36.1 Å². The molecule has 1 saturated heterocycles. The molecule has 0 saturated carbocycles. The normalized spacial score (nSPS) is 15.0. The van der Waals surface area contributed by atoms with Crippen LogP contribution in [0.2, 0.25) is 0 Å². The Morgan fingerprint density at radius 3 is 2.73 bits per heavy atom. The topological polar surface area (TPSA) is 68.5 Å². The number of hydrogen-bond donors (Lipinski definition) is 0. The standard InChI is InChI=1S/C16H19N3O3/c1-10(2)14-17-15(22-18-14)11-8-19(9-11)16(20)12-6-4-5-7-13(12)21-3/h4-7,10-11H,8-9H2,1-3H3. The second-order valence-electron chi connectivity index (χ2n) is 5.75. The van der Waals surface area contributed by atoms with Crippen LogP contribution in [0, 0.1) is 0 Å². The zero-order valence-electron chi connectivity index (χ0n) is 12.9. The highest BCUT2D eigenvalue weighted by molar-refractivity contribution is 5.97. The van der Waals surface area contributed by atoms with Crippen molar-refractivity contribution in [1.29, 1.82) is 0 Å². The van der Waals surface area contributed by atoms with Crippen LogP contribution < -0.4 is 4.74 Å². The van der Waals surface area contributed by atoms with E-state index < -0.39 is 0 Å². The minimum atomic E-state index is -0.0303. The van der Waals surface area contributed by atoms with Gasteiger partial charge in [-0.15, -0.1) is 0 Å². The van der Waals surface area contributed by atoms with Gasteiger partial charge in [-0.25, -0.2) is 0 Å². The Kier molecular flexibility index (Phi) is 3.83. The van der Waals surface area contributed by atoms with Gasteiger partial charge < -0.3 is 14.2 Å². The third-order valence-corrected chi connectivity index (χ3v) is 3.83.